The Hall–Kier alpha value is -2.14. The average Bonchev–Trinajstić information content (AvgIpc) is 2.42. The number of aromatic nitrogens is 1. The lowest BCUT2D eigenvalue weighted by molar-refractivity contribution is -0.0515. The van der Waals surface area contributed by atoms with E-state index >= 15 is 0 Å². The number of H-pyrrole nitrogens is 1. The Morgan fingerprint density at radius 2 is 2.05 bits per heavy atom. The number of nitrogens with one attached hydrogen (secondary N) is 1. The highest BCUT2D eigenvalue weighted by Crippen LogP contribution is 2.43. The van der Waals surface area contributed by atoms with E-state index in [4.69, 9.17) is 4.74 Å². The summed E-state index contributed by atoms with van der Waals surface area (Å²) >= 11 is 0. The molecular weight excluding hydrogens is 273 g/mol. The molecule has 2 aromatic rings. The third-order valence-corrected chi connectivity index (χ3v) is 3.89. The lowest BCUT2D eigenvalue weighted by atomic mass is 9.78. The number of hydrogen-bond acceptors (Lipinski definition) is 3. The molecule has 1 aliphatic rings. The fraction of sp³-hybridized carbons (Fsp3) is 0.312. The summed E-state index contributed by atoms with van der Waals surface area (Å²) in [4.78, 5) is 14.7. The minimum Gasteiger partial charge on any atom is -0.485 e. The van der Waals surface area contributed by atoms with Crippen LogP contribution in [-0.2, 0) is 0 Å². The zero-order valence-electron chi connectivity index (χ0n) is 11.8. The van der Waals surface area contributed by atoms with Gasteiger partial charge in [0.05, 0.1) is 0 Å². The van der Waals surface area contributed by atoms with Gasteiger partial charge in [0.1, 0.15) is 23.3 Å². The predicted molar refractivity (Wildman–Crippen MR) is 76.0 cm³/mol. The van der Waals surface area contributed by atoms with Crippen molar-refractivity contribution < 1.29 is 14.2 Å². The van der Waals surface area contributed by atoms with Crippen molar-refractivity contribution in [2.45, 2.75) is 31.5 Å². The van der Waals surface area contributed by atoms with Crippen molar-refractivity contribution in [2.75, 3.05) is 0 Å². The highest BCUT2D eigenvalue weighted by Gasteiger charge is 2.44. The third kappa shape index (κ3) is 2.23. The van der Waals surface area contributed by atoms with Gasteiger partial charge in [0.15, 0.2) is 0 Å². The van der Waals surface area contributed by atoms with E-state index in [-0.39, 0.29) is 5.56 Å². The van der Waals surface area contributed by atoms with Crippen LogP contribution in [-0.4, -0.2) is 21.8 Å². The van der Waals surface area contributed by atoms with Gasteiger partial charge in [-0.05, 0) is 38.1 Å². The highest BCUT2D eigenvalue weighted by atomic mass is 19.1. The number of halogens is 1. The third-order valence-electron chi connectivity index (χ3n) is 3.89. The monoisotopic (exact) mass is 289 g/mol. The molecule has 2 heterocycles. The van der Waals surface area contributed by atoms with Gasteiger partial charge in [0.2, 0.25) is 0 Å². The molecule has 5 heteroatoms. The fourth-order valence-electron chi connectivity index (χ4n) is 2.79. The van der Waals surface area contributed by atoms with Crippen molar-refractivity contribution in [2.24, 2.45) is 0 Å². The topological polar surface area (TPSA) is 62.3 Å². The molecule has 2 unspecified atom stereocenters. The van der Waals surface area contributed by atoms with Crippen molar-refractivity contribution in [1.82, 2.24) is 4.98 Å². The molecule has 2 atom stereocenters. The van der Waals surface area contributed by atoms with E-state index < -0.39 is 23.4 Å². The average molecular weight is 289 g/mol. The van der Waals surface area contributed by atoms with E-state index in [2.05, 4.69) is 4.98 Å². The Balaban J connectivity index is 2.25. The first-order chi connectivity index (χ1) is 9.90. The number of fused-ring (bicyclic) bond motifs is 1. The number of ether oxygens (including phenoxy) is 1. The van der Waals surface area contributed by atoms with Crippen LogP contribution >= 0.6 is 0 Å². The van der Waals surface area contributed by atoms with E-state index in [9.17, 15) is 14.3 Å². The summed E-state index contributed by atoms with van der Waals surface area (Å²) in [5.74, 6) is -0.578. The summed E-state index contributed by atoms with van der Waals surface area (Å²) in [7, 11) is 0. The molecule has 0 amide bonds. The second kappa shape index (κ2) is 4.70. The van der Waals surface area contributed by atoms with Crippen LogP contribution in [0.4, 0.5) is 4.39 Å². The van der Waals surface area contributed by atoms with E-state index in [1.807, 2.05) is 0 Å². The molecule has 0 saturated heterocycles. The van der Waals surface area contributed by atoms with Gasteiger partial charge in [-0.25, -0.2) is 4.39 Å². The molecule has 0 bridgehead atoms. The Morgan fingerprint density at radius 3 is 2.76 bits per heavy atom. The maximum atomic E-state index is 13.6. The Kier molecular flexibility index (Phi) is 3.10. The van der Waals surface area contributed by atoms with Crippen LogP contribution in [0.2, 0.25) is 0 Å². The lowest BCUT2D eigenvalue weighted by Crippen LogP contribution is -2.50. The molecule has 110 valence electrons. The van der Waals surface area contributed by atoms with Crippen molar-refractivity contribution >= 4 is 0 Å². The zero-order valence-corrected chi connectivity index (χ0v) is 11.8. The first-order valence-corrected chi connectivity index (χ1v) is 6.74. The number of hydrogen-bond donors (Lipinski definition) is 2. The van der Waals surface area contributed by atoms with Crippen LogP contribution in [0.25, 0.3) is 0 Å². The van der Waals surface area contributed by atoms with Gasteiger partial charge in [-0.2, -0.15) is 0 Å². The zero-order chi connectivity index (χ0) is 15.2. The number of aromatic amines is 1. The number of aliphatic hydroxyl groups excluding tert-OH is 1. The minimum absolute atomic E-state index is 0.297. The normalized spacial score (nSPS) is 23.2. The maximum absolute atomic E-state index is 13.6. The molecule has 1 aromatic carbocycles. The number of benzene rings is 1. The first kappa shape index (κ1) is 13.8. The Labute approximate surface area is 121 Å². The summed E-state index contributed by atoms with van der Waals surface area (Å²) in [5.41, 5.74) is -0.293. The largest absolute Gasteiger partial charge is 0.485 e. The van der Waals surface area contributed by atoms with E-state index in [1.165, 1.54) is 24.4 Å². The van der Waals surface area contributed by atoms with Gasteiger partial charge in [-0.1, -0.05) is 6.07 Å². The molecule has 1 aliphatic heterocycles. The molecule has 0 saturated carbocycles. The van der Waals surface area contributed by atoms with Crippen molar-refractivity contribution in [1.29, 1.82) is 0 Å². The second-order valence-corrected chi connectivity index (χ2v) is 5.76. The summed E-state index contributed by atoms with van der Waals surface area (Å²) in [6.45, 7) is 3.49. The van der Waals surface area contributed by atoms with E-state index in [0.29, 0.717) is 16.9 Å². The molecule has 2 N–H and O–H groups in total. The maximum Gasteiger partial charge on any atom is 0.251 e. The summed E-state index contributed by atoms with van der Waals surface area (Å²) in [6.07, 6.45) is 0.560. The van der Waals surface area contributed by atoms with Crippen LogP contribution in [0.1, 0.15) is 30.9 Å². The summed E-state index contributed by atoms with van der Waals surface area (Å²) < 4.78 is 19.3. The second-order valence-electron chi connectivity index (χ2n) is 5.76. The fourth-order valence-corrected chi connectivity index (χ4v) is 2.79. The van der Waals surface area contributed by atoms with Crippen molar-refractivity contribution in [3.8, 4) is 5.75 Å². The molecule has 3 rings (SSSR count). The molecule has 0 radical (unpaired) electrons. The molecule has 0 fully saturated rings. The first-order valence-electron chi connectivity index (χ1n) is 6.74. The van der Waals surface area contributed by atoms with Crippen molar-refractivity contribution in [3.63, 3.8) is 0 Å². The quantitative estimate of drug-likeness (QED) is 0.846. The van der Waals surface area contributed by atoms with Gasteiger partial charge in [0.25, 0.3) is 5.56 Å². The van der Waals surface area contributed by atoms with Gasteiger partial charge < -0.3 is 14.8 Å². The van der Waals surface area contributed by atoms with Crippen LogP contribution < -0.4 is 10.3 Å². The summed E-state index contributed by atoms with van der Waals surface area (Å²) in [5, 5.41) is 10.6. The molecule has 0 aliphatic carbocycles. The van der Waals surface area contributed by atoms with Crippen LogP contribution in [0.5, 0.6) is 5.75 Å². The van der Waals surface area contributed by atoms with E-state index in [1.54, 1.807) is 26.0 Å². The summed E-state index contributed by atoms with van der Waals surface area (Å²) in [6, 6.07) is 7.47. The van der Waals surface area contributed by atoms with Crippen LogP contribution in [0, 0.1) is 5.82 Å². The molecule has 21 heavy (non-hydrogen) atoms. The molecular formula is C16H16FNO3. The lowest BCUT2D eigenvalue weighted by Gasteiger charge is -2.42. The number of pyridine rings is 1. The van der Waals surface area contributed by atoms with Gasteiger partial charge >= 0.3 is 0 Å². The van der Waals surface area contributed by atoms with Gasteiger partial charge in [-0.15, -0.1) is 0 Å². The molecule has 0 spiro atoms. The highest BCUT2D eigenvalue weighted by molar-refractivity contribution is 5.46. The standard InChI is InChI=1S/C16H16FNO3/c1-16(2)14(19)13(10-4-3-7-18-15(10)20)11-8-9(17)5-6-12(11)21-16/h3-8,13-14,19H,1-2H3,(H,18,20). The molecule has 1 aromatic heterocycles. The van der Waals surface area contributed by atoms with Crippen molar-refractivity contribution in [3.05, 3.63) is 63.8 Å². The Morgan fingerprint density at radius 1 is 1.29 bits per heavy atom. The Bertz CT molecular complexity index is 738. The van der Waals surface area contributed by atoms with Gasteiger partial charge in [0, 0.05) is 23.2 Å². The van der Waals surface area contributed by atoms with Crippen LogP contribution in [0.15, 0.2) is 41.3 Å². The number of aliphatic hydroxyl groups is 1. The minimum atomic E-state index is -0.963. The van der Waals surface area contributed by atoms with Crippen LogP contribution in [0.3, 0.4) is 0 Å². The van der Waals surface area contributed by atoms with E-state index in [0.717, 1.165) is 0 Å². The van der Waals surface area contributed by atoms with Gasteiger partial charge in [-0.3, -0.25) is 4.79 Å². The SMILES string of the molecule is CC1(C)Oc2ccc(F)cc2C(c2ccc[nH]c2=O)C1O. The number of rotatable bonds is 1. The molecule has 4 nitrogen and oxygen atoms in total. The predicted octanol–water partition coefficient (Wildman–Crippen LogP) is 2.18. The smallest absolute Gasteiger partial charge is 0.251 e.